The van der Waals surface area contributed by atoms with Gasteiger partial charge in [0.2, 0.25) is 0 Å². The van der Waals surface area contributed by atoms with Crippen LogP contribution in [0.4, 0.5) is 5.69 Å². The van der Waals surface area contributed by atoms with Gasteiger partial charge in [-0.1, -0.05) is 40.2 Å². The molecule has 0 bridgehead atoms. The molecule has 1 atom stereocenters. The van der Waals surface area contributed by atoms with Crippen LogP contribution in [0.3, 0.4) is 0 Å². The highest BCUT2D eigenvalue weighted by Gasteiger charge is 2.21. The number of nitrogens with one attached hydrogen (secondary N) is 1. The molecule has 0 saturated carbocycles. The number of nitrogens with zero attached hydrogens (tertiary/aromatic N) is 1. The van der Waals surface area contributed by atoms with Gasteiger partial charge in [0.25, 0.3) is 0 Å². The van der Waals surface area contributed by atoms with Gasteiger partial charge in [0.1, 0.15) is 6.07 Å². The van der Waals surface area contributed by atoms with Gasteiger partial charge < -0.3 is 10.1 Å². The molecule has 1 N–H and O–H groups in total. The molecule has 0 radical (unpaired) electrons. The van der Waals surface area contributed by atoms with E-state index >= 15 is 0 Å². The van der Waals surface area contributed by atoms with E-state index in [1.54, 1.807) is 0 Å². The maximum absolute atomic E-state index is 9.20. The summed E-state index contributed by atoms with van der Waals surface area (Å²) >= 11 is 3.44. The Morgan fingerprint density at radius 2 is 2.10 bits per heavy atom. The van der Waals surface area contributed by atoms with E-state index in [0.29, 0.717) is 18.8 Å². The predicted molar refractivity (Wildman–Crippen MR) is 81.3 cm³/mol. The highest BCUT2D eigenvalue weighted by Crippen LogP contribution is 2.30. The number of benzene rings is 2. The molecule has 0 aliphatic carbocycles. The highest BCUT2D eigenvalue weighted by molar-refractivity contribution is 9.10. The normalized spacial score (nSPS) is 17.1. The molecule has 1 aliphatic rings. The van der Waals surface area contributed by atoms with Gasteiger partial charge in [-0.05, 0) is 29.3 Å². The van der Waals surface area contributed by atoms with Crippen LogP contribution in [0.1, 0.15) is 22.7 Å². The maximum Gasteiger partial charge on any atom is 0.101 e. The Morgan fingerprint density at radius 3 is 2.95 bits per heavy atom. The molecular formula is C16H13BrN2O. The third kappa shape index (κ3) is 2.55. The van der Waals surface area contributed by atoms with Crippen molar-refractivity contribution in [2.75, 3.05) is 11.9 Å². The molecule has 2 aromatic rings. The minimum atomic E-state index is 0.0707. The standard InChI is InChI=1S/C16H13BrN2O/c17-13-6-5-11(8-18)15(7-13)19-16-10-20-9-12-3-1-2-4-14(12)16/h1-7,16,19H,9-10H2. The van der Waals surface area contributed by atoms with E-state index in [4.69, 9.17) is 4.74 Å². The highest BCUT2D eigenvalue weighted by atomic mass is 79.9. The fraction of sp³-hybridized carbons (Fsp3) is 0.188. The Labute approximate surface area is 126 Å². The molecule has 0 fully saturated rings. The van der Waals surface area contributed by atoms with Crippen LogP contribution < -0.4 is 5.32 Å². The second kappa shape index (κ2) is 5.66. The summed E-state index contributed by atoms with van der Waals surface area (Å²) in [5, 5.41) is 12.6. The van der Waals surface area contributed by atoms with E-state index in [0.717, 1.165) is 10.2 Å². The summed E-state index contributed by atoms with van der Waals surface area (Å²) in [7, 11) is 0. The first-order valence-electron chi connectivity index (χ1n) is 6.39. The molecule has 0 spiro atoms. The number of fused-ring (bicyclic) bond motifs is 1. The monoisotopic (exact) mass is 328 g/mol. The number of hydrogen-bond donors (Lipinski definition) is 1. The summed E-state index contributed by atoms with van der Waals surface area (Å²) in [6.07, 6.45) is 0. The van der Waals surface area contributed by atoms with Crippen LogP contribution in [-0.2, 0) is 11.3 Å². The summed E-state index contributed by atoms with van der Waals surface area (Å²) in [6.45, 7) is 1.26. The van der Waals surface area contributed by atoms with Crippen LogP contribution in [0.25, 0.3) is 0 Å². The molecule has 1 heterocycles. The van der Waals surface area contributed by atoms with Crippen molar-refractivity contribution in [3.8, 4) is 6.07 Å². The van der Waals surface area contributed by atoms with Gasteiger partial charge >= 0.3 is 0 Å². The average Bonchev–Trinajstić information content (AvgIpc) is 2.48. The Kier molecular flexibility index (Phi) is 3.72. The molecular weight excluding hydrogens is 316 g/mol. The minimum Gasteiger partial charge on any atom is -0.375 e. The molecule has 0 saturated heterocycles. The van der Waals surface area contributed by atoms with Crippen LogP contribution in [0, 0.1) is 11.3 Å². The maximum atomic E-state index is 9.20. The first kappa shape index (κ1) is 13.2. The van der Waals surface area contributed by atoms with E-state index in [9.17, 15) is 5.26 Å². The fourth-order valence-electron chi connectivity index (χ4n) is 2.42. The zero-order valence-corrected chi connectivity index (χ0v) is 12.4. The summed E-state index contributed by atoms with van der Waals surface area (Å²) in [5.41, 5.74) is 3.90. The van der Waals surface area contributed by atoms with Crippen LogP contribution in [0.15, 0.2) is 46.9 Å². The quantitative estimate of drug-likeness (QED) is 0.906. The number of nitriles is 1. The molecule has 20 heavy (non-hydrogen) atoms. The molecule has 0 aromatic heterocycles. The van der Waals surface area contributed by atoms with Crippen LogP contribution in [0.2, 0.25) is 0 Å². The third-order valence-electron chi connectivity index (χ3n) is 3.40. The molecule has 0 amide bonds. The average molecular weight is 329 g/mol. The Morgan fingerprint density at radius 1 is 1.25 bits per heavy atom. The van der Waals surface area contributed by atoms with Crippen molar-refractivity contribution in [2.24, 2.45) is 0 Å². The Bertz CT molecular complexity index is 678. The number of rotatable bonds is 2. The van der Waals surface area contributed by atoms with E-state index in [1.807, 2.05) is 30.3 Å². The summed E-state index contributed by atoms with van der Waals surface area (Å²) in [6, 6.07) is 16.1. The lowest BCUT2D eigenvalue weighted by Gasteiger charge is -2.27. The van der Waals surface area contributed by atoms with Crippen molar-refractivity contribution >= 4 is 21.6 Å². The van der Waals surface area contributed by atoms with E-state index in [1.165, 1.54) is 11.1 Å². The van der Waals surface area contributed by atoms with Crippen molar-refractivity contribution in [2.45, 2.75) is 12.6 Å². The van der Waals surface area contributed by atoms with E-state index in [-0.39, 0.29) is 6.04 Å². The van der Waals surface area contributed by atoms with Crippen molar-refractivity contribution < 1.29 is 4.74 Å². The smallest absolute Gasteiger partial charge is 0.101 e. The first-order chi connectivity index (χ1) is 9.78. The molecule has 1 aliphatic heterocycles. The summed E-state index contributed by atoms with van der Waals surface area (Å²) < 4.78 is 6.58. The van der Waals surface area contributed by atoms with Gasteiger partial charge in [0.05, 0.1) is 30.5 Å². The SMILES string of the molecule is N#Cc1ccc(Br)cc1NC1COCc2ccccc21. The van der Waals surface area contributed by atoms with Gasteiger partial charge in [-0.25, -0.2) is 0 Å². The number of anilines is 1. The third-order valence-corrected chi connectivity index (χ3v) is 3.90. The Balaban J connectivity index is 1.93. The predicted octanol–water partition coefficient (Wildman–Crippen LogP) is 4.00. The topological polar surface area (TPSA) is 45.0 Å². The number of halogens is 1. The molecule has 3 rings (SSSR count). The molecule has 100 valence electrons. The van der Waals surface area contributed by atoms with Crippen molar-refractivity contribution in [1.29, 1.82) is 5.26 Å². The van der Waals surface area contributed by atoms with Crippen LogP contribution >= 0.6 is 15.9 Å². The summed E-state index contributed by atoms with van der Waals surface area (Å²) in [5.74, 6) is 0. The van der Waals surface area contributed by atoms with Gasteiger partial charge in [-0.15, -0.1) is 0 Å². The van der Waals surface area contributed by atoms with Gasteiger partial charge in [0.15, 0.2) is 0 Å². The van der Waals surface area contributed by atoms with Gasteiger partial charge in [-0.2, -0.15) is 5.26 Å². The lowest BCUT2D eigenvalue weighted by Crippen LogP contribution is -2.23. The van der Waals surface area contributed by atoms with Crippen LogP contribution in [0.5, 0.6) is 0 Å². The lowest BCUT2D eigenvalue weighted by molar-refractivity contribution is 0.0970. The molecule has 1 unspecified atom stereocenters. The van der Waals surface area contributed by atoms with Gasteiger partial charge in [0, 0.05) is 4.47 Å². The number of ether oxygens (including phenoxy) is 1. The first-order valence-corrected chi connectivity index (χ1v) is 7.19. The zero-order chi connectivity index (χ0) is 13.9. The van der Waals surface area contributed by atoms with Crippen molar-refractivity contribution in [3.63, 3.8) is 0 Å². The van der Waals surface area contributed by atoms with E-state index < -0.39 is 0 Å². The minimum absolute atomic E-state index is 0.0707. The van der Waals surface area contributed by atoms with Gasteiger partial charge in [-0.3, -0.25) is 0 Å². The largest absolute Gasteiger partial charge is 0.375 e. The Hall–Kier alpha value is -1.83. The molecule has 3 nitrogen and oxygen atoms in total. The number of hydrogen-bond acceptors (Lipinski definition) is 3. The fourth-order valence-corrected chi connectivity index (χ4v) is 2.78. The van der Waals surface area contributed by atoms with Crippen LogP contribution in [-0.4, -0.2) is 6.61 Å². The second-order valence-corrected chi connectivity index (χ2v) is 5.63. The lowest BCUT2D eigenvalue weighted by atomic mass is 9.98. The van der Waals surface area contributed by atoms with Crippen molar-refractivity contribution in [1.82, 2.24) is 0 Å². The molecule has 2 aromatic carbocycles. The van der Waals surface area contributed by atoms with E-state index in [2.05, 4.69) is 39.4 Å². The zero-order valence-electron chi connectivity index (χ0n) is 10.8. The summed E-state index contributed by atoms with van der Waals surface area (Å²) in [4.78, 5) is 0. The second-order valence-electron chi connectivity index (χ2n) is 4.71. The molecule has 4 heteroatoms. The van der Waals surface area contributed by atoms with Crippen molar-refractivity contribution in [3.05, 3.63) is 63.6 Å².